The molecule has 3 aliphatic rings. The number of rotatable bonds is 6. The number of phenolic OH excluding ortho intramolecular Hbond substituents is 1. The van der Waals surface area contributed by atoms with Crippen molar-refractivity contribution in [1.29, 1.82) is 0 Å². The van der Waals surface area contributed by atoms with E-state index in [4.69, 9.17) is 14.5 Å². The standard InChI is InChI=1S/C30H42N2O3/c1-4-22-11-15-34-29-20-31-24(17-27(22)29)6-5-21-9-13-32(14-10-21)28-18-25(33)7-8-26(28)23-12-16-35-30(2,3)19-23/h7-8,17-18,20-23,33H,4-6,9-16,19H2,1-3H3. The van der Waals surface area contributed by atoms with Crippen LogP contribution in [-0.4, -0.2) is 42.0 Å². The fourth-order valence-corrected chi connectivity index (χ4v) is 6.43. The number of aromatic nitrogens is 1. The maximum atomic E-state index is 10.3. The van der Waals surface area contributed by atoms with Crippen LogP contribution in [-0.2, 0) is 11.2 Å². The molecule has 190 valence electrons. The molecule has 2 saturated heterocycles. The van der Waals surface area contributed by atoms with Crippen LogP contribution >= 0.6 is 0 Å². The Morgan fingerprint density at radius 3 is 2.66 bits per heavy atom. The Labute approximate surface area is 210 Å². The summed E-state index contributed by atoms with van der Waals surface area (Å²) in [7, 11) is 0. The van der Waals surface area contributed by atoms with Crippen molar-refractivity contribution in [3.8, 4) is 11.5 Å². The molecule has 2 unspecified atom stereocenters. The Bertz CT molecular complexity index is 1010. The first-order chi connectivity index (χ1) is 16.9. The third kappa shape index (κ3) is 5.61. The summed E-state index contributed by atoms with van der Waals surface area (Å²) in [6, 6.07) is 8.30. The van der Waals surface area contributed by atoms with Gasteiger partial charge in [0.05, 0.1) is 18.4 Å². The normalized spacial score (nSPS) is 24.6. The van der Waals surface area contributed by atoms with E-state index < -0.39 is 0 Å². The predicted octanol–water partition coefficient (Wildman–Crippen LogP) is 6.59. The molecule has 1 aromatic heterocycles. The van der Waals surface area contributed by atoms with Crippen LogP contribution in [0.4, 0.5) is 5.69 Å². The minimum Gasteiger partial charge on any atom is -0.508 e. The molecule has 1 aromatic carbocycles. The molecule has 0 amide bonds. The van der Waals surface area contributed by atoms with E-state index in [1.54, 1.807) is 0 Å². The molecule has 5 heteroatoms. The first-order valence-corrected chi connectivity index (χ1v) is 13.8. The Balaban J connectivity index is 1.20. The highest BCUT2D eigenvalue weighted by atomic mass is 16.5. The summed E-state index contributed by atoms with van der Waals surface area (Å²) in [6.07, 6.45) is 10.9. The molecule has 5 nitrogen and oxygen atoms in total. The molecule has 35 heavy (non-hydrogen) atoms. The molecule has 0 aliphatic carbocycles. The van der Waals surface area contributed by atoms with E-state index in [0.717, 1.165) is 63.7 Å². The van der Waals surface area contributed by atoms with Gasteiger partial charge < -0.3 is 19.5 Å². The van der Waals surface area contributed by atoms with Crippen molar-refractivity contribution in [2.75, 3.05) is 31.2 Å². The van der Waals surface area contributed by atoms with Gasteiger partial charge >= 0.3 is 0 Å². The molecule has 0 spiro atoms. The topological polar surface area (TPSA) is 54.8 Å². The van der Waals surface area contributed by atoms with Crippen LogP contribution in [0.2, 0.25) is 0 Å². The van der Waals surface area contributed by atoms with Crippen LogP contribution in [0.3, 0.4) is 0 Å². The SMILES string of the molecule is CCC1CCOc2cnc(CCC3CCN(c4cc(O)ccc4C4CCOC(C)(C)C4)CC3)cc21. The smallest absolute Gasteiger partial charge is 0.141 e. The summed E-state index contributed by atoms with van der Waals surface area (Å²) in [5.41, 5.74) is 5.11. The minimum absolute atomic E-state index is 0.0843. The molecule has 4 heterocycles. The summed E-state index contributed by atoms with van der Waals surface area (Å²) in [5, 5.41) is 10.3. The van der Waals surface area contributed by atoms with Crippen LogP contribution in [0.25, 0.3) is 0 Å². The van der Waals surface area contributed by atoms with Crippen LogP contribution in [0.15, 0.2) is 30.5 Å². The molecule has 0 radical (unpaired) electrons. The van der Waals surface area contributed by atoms with E-state index in [-0.39, 0.29) is 5.60 Å². The Kier molecular flexibility index (Phi) is 7.24. The lowest BCUT2D eigenvalue weighted by molar-refractivity contribution is -0.0592. The molecule has 2 aromatic rings. The van der Waals surface area contributed by atoms with Gasteiger partial charge in [0.25, 0.3) is 0 Å². The number of hydrogen-bond acceptors (Lipinski definition) is 5. The lowest BCUT2D eigenvalue weighted by Gasteiger charge is -2.39. The first kappa shape index (κ1) is 24.4. The number of nitrogens with zero attached hydrogens (tertiary/aromatic N) is 2. The van der Waals surface area contributed by atoms with Crippen LogP contribution in [0.5, 0.6) is 11.5 Å². The number of hydrogen-bond donors (Lipinski definition) is 1. The molecule has 0 bridgehead atoms. The van der Waals surface area contributed by atoms with E-state index in [9.17, 15) is 5.11 Å². The summed E-state index contributed by atoms with van der Waals surface area (Å²) < 4.78 is 11.8. The van der Waals surface area contributed by atoms with E-state index in [0.29, 0.717) is 17.6 Å². The third-order valence-electron chi connectivity index (χ3n) is 8.53. The van der Waals surface area contributed by atoms with Crippen molar-refractivity contribution < 1.29 is 14.6 Å². The van der Waals surface area contributed by atoms with Gasteiger partial charge in [-0.05, 0) is 101 Å². The van der Waals surface area contributed by atoms with E-state index in [2.05, 4.69) is 37.8 Å². The molecule has 1 N–H and O–H groups in total. The fraction of sp³-hybridized carbons (Fsp3) is 0.633. The summed E-state index contributed by atoms with van der Waals surface area (Å²) in [6.45, 7) is 10.4. The third-order valence-corrected chi connectivity index (χ3v) is 8.53. The van der Waals surface area contributed by atoms with Crippen LogP contribution < -0.4 is 9.64 Å². The molecule has 5 rings (SSSR count). The molecule has 2 fully saturated rings. The summed E-state index contributed by atoms with van der Waals surface area (Å²) in [4.78, 5) is 7.23. The van der Waals surface area contributed by atoms with Crippen molar-refractivity contribution >= 4 is 5.69 Å². The molecule has 0 saturated carbocycles. The van der Waals surface area contributed by atoms with Gasteiger partial charge in [0.1, 0.15) is 11.5 Å². The zero-order valence-corrected chi connectivity index (χ0v) is 21.8. The molecule has 3 aliphatic heterocycles. The monoisotopic (exact) mass is 478 g/mol. The van der Waals surface area contributed by atoms with Crippen molar-refractivity contribution in [3.63, 3.8) is 0 Å². The van der Waals surface area contributed by atoms with Crippen molar-refractivity contribution in [2.45, 2.75) is 89.6 Å². The highest BCUT2D eigenvalue weighted by Gasteiger charge is 2.32. The zero-order valence-electron chi connectivity index (χ0n) is 21.8. The van der Waals surface area contributed by atoms with Gasteiger partial charge in [-0.15, -0.1) is 0 Å². The number of anilines is 1. The Hall–Kier alpha value is -2.27. The van der Waals surface area contributed by atoms with E-state index >= 15 is 0 Å². The van der Waals surface area contributed by atoms with Gasteiger partial charge in [-0.3, -0.25) is 4.98 Å². The average Bonchev–Trinajstić information content (AvgIpc) is 2.86. The number of pyridine rings is 1. The van der Waals surface area contributed by atoms with Gasteiger partial charge in [0, 0.05) is 42.7 Å². The van der Waals surface area contributed by atoms with Crippen LogP contribution in [0.1, 0.15) is 94.4 Å². The van der Waals surface area contributed by atoms with Gasteiger partial charge in [-0.1, -0.05) is 13.0 Å². The number of fused-ring (bicyclic) bond motifs is 1. The second kappa shape index (κ2) is 10.4. The van der Waals surface area contributed by atoms with Gasteiger partial charge in [0.2, 0.25) is 0 Å². The molecular formula is C30H42N2O3. The highest BCUT2D eigenvalue weighted by Crippen LogP contribution is 2.42. The van der Waals surface area contributed by atoms with Crippen molar-refractivity contribution in [3.05, 3.63) is 47.3 Å². The Morgan fingerprint density at radius 2 is 1.89 bits per heavy atom. The van der Waals surface area contributed by atoms with Crippen molar-refractivity contribution in [1.82, 2.24) is 4.98 Å². The number of phenols is 1. The maximum absolute atomic E-state index is 10.3. The quantitative estimate of drug-likeness (QED) is 0.508. The highest BCUT2D eigenvalue weighted by molar-refractivity contribution is 5.59. The fourth-order valence-electron chi connectivity index (χ4n) is 6.43. The number of aryl methyl sites for hydroxylation is 1. The lowest BCUT2D eigenvalue weighted by atomic mass is 9.82. The predicted molar refractivity (Wildman–Crippen MR) is 141 cm³/mol. The van der Waals surface area contributed by atoms with Crippen molar-refractivity contribution in [2.24, 2.45) is 5.92 Å². The number of aromatic hydroxyl groups is 1. The summed E-state index contributed by atoms with van der Waals surface area (Å²) >= 11 is 0. The molecular weight excluding hydrogens is 436 g/mol. The van der Waals surface area contributed by atoms with Crippen LogP contribution in [0, 0.1) is 5.92 Å². The number of benzene rings is 1. The Morgan fingerprint density at radius 1 is 1.06 bits per heavy atom. The van der Waals surface area contributed by atoms with Gasteiger partial charge in [-0.25, -0.2) is 0 Å². The van der Waals surface area contributed by atoms with Gasteiger partial charge in [-0.2, -0.15) is 0 Å². The first-order valence-electron chi connectivity index (χ1n) is 13.8. The lowest BCUT2D eigenvalue weighted by Crippen LogP contribution is -2.36. The summed E-state index contributed by atoms with van der Waals surface area (Å²) in [5.74, 6) is 3.18. The second-order valence-corrected chi connectivity index (χ2v) is 11.5. The largest absolute Gasteiger partial charge is 0.508 e. The minimum atomic E-state index is -0.0843. The van der Waals surface area contributed by atoms with E-state index in [1.165, 1.54) is 48.2 Å². The molecule has 2 atom stereocenters. The van der Waals surface area contributed by atoms with E-state index in [1.807, 2.05) is 18.3 Å². The average molecular weight is 479 g/mol. The number of ether oxygens (including phenoxy) is 2. The second-order valence-electron chi connectivity index (χ2n) is 11.5. The zero-order chi connectivity index (χ0) is 24.4. The maximum Gasteiger partial charge on any atom is 0.141 e. The van der Waals surface area contributed by atoms with Gasteiger partial charge in [0.15, 0.2) is 0 Å². The number of piperidine rings is 1.